The summed E-state index contributed by atoms with van der Waals surface area (Å²) < 4.78 is 5.78. The van der Waals surface area contributed by atoms with Crippen LogP contribution in [0.1, 0.15) is 6.42 Å². The molecule has 2 aromatic carbocycles. The third-order valence-electron chi connectivity index (χ3n) is 4.07. The van der Waals surface area contributed by atoms with Gasteiger partial charge in [0.1, 0.15) is 10.8 Å². The second-order valence-electron chi connectivity index (χ2n) is 6.63. The van der Waals surface area contributed by atoms with Crippen molar-refractivity contribution in [1.29, 1.82) is 0 Å². The minimum absolute atomic E-state index is 0.575. The molecule has 1 heterocycles. The largest absolute Gasteiger partial charge is 0.494 e. The molecule has 3 N–H and O–H groups in total. The Bertz CT molecular complexity index is 905. The third kappa shape index (κ3) is 5.55. The van der Waals surface area contributed by atoms with Gasteiger partial charge in [0.15, 0.2) is 0 Å². The van der Waals surface area contributed by atoms with E-state index < -0.39 is 6.03 Å². The minimum atomic E-state index is -0.575. The summed E-state index contributed by atoms with van der Waals surface area (Å²) in [6.45, 7) is 1.72. The molecule has 0 bridgehead atoms. The molecule has 28 heavy (non-hydrogen) atoms. The van der Waals surface area contributed by atoms with E-state index >= 15 is 0 Å². The van der Waals surface area contributed by atoms with Crippen LogP contribution in [0.2, 0.25) is 0 Å². The Balaban J connectivity index is 1.62. The van der Waals surface area contributed by atoms with Gasteiger partial charge in [-0.1, -0.05) is 12.1 Å². The molecule has 0 unspecified atom stereocenters. The fraction of sp³-hybridized carbons (Fsp3) is 0.238. The van der Waals surface area contributed by atoms with Crippen LogP contribution in [0.15, 0.2) is 53.9 Å². The first kappa shape index (κ1) is 19.9. The second kappa shape index (κ2) is 9.34. The lowest BCUT2D eigenvalue weighted by molar-refractivity contribution is 0.259. The monoisotopic (exact) mass is 396 g/mol. The molecular formula is C21H24N4O2S. The molecule has 6 nitrogen and oxygen atoms in total. The van der Waals surface area contributed by atoms with Crippen molar-refractivity contribution in [2.45, 2.75) is 6.42 Å². The van der Waals surface area contributed by atoms with E-state index in [1.807, 2.05) is 53.9 Å². The van der Waals surface area contributed by atoms with Crippen molar-refractivity contribution in [3.8, 4) is 27.6 Å². The highest BCUT2D eigenvalue weighted by Gasteiger charge is 2.08. The number of thiazole rings is 1. The predicted octanol–water partition coefficient (Wildman–Crippen LogP) is 4.30. The number of amides is 2. The number of ether oxygens (including phenoxy) is 1. The molecule has 3 aromatic rings. The normalized spacial score (nSPS) is 10.8. The number of rotatable bonds is 8. The van der Waals surface area contributed by atoms with Crippen LogP contribution in [0.4, 0.5) is 10.5 Å². The Labute approximate surface area is 169 Å². The van der Waals surface area contributed by atoms with E-state index in [1.165, 1.54) is 0 Å². The molecule has 3 rings (SSSR count). The molecule has 0 saturated heterocycles. The topological polar surface area (TPSA) is 80.5 Å². The quantitative estimate of drug-likeness (QED) is 0.556. The number of nitrogens with two attached hydrogens (primary N) is 1. The predicted molar refractivity (Wildman–Crippen MR) is 115 cm³/mol. The molecule has 0 fully saturated rings. The second-order valence-corrected chi connectivity index (χ2v) is 7.49. The van der Waals surface area contributed by atoms with Crippen LogP contribution in [0.5, 0.6) is 5.75 Å². The number of hydrogen-bond donors (Lipinski definition) is 2. The molecule has 1 aromatic heterocycles. The third-order valence-corrected chi connectivity index (χ3v) is 4.96. The Morgan fingerprint density at radius 2 is 1.79 bits per heavy atom. The van der Waals surface area contributed by atoms with Gasteiger partial charge >= 0.3 is 6.03 Å². The molecule has 0 radical (unpaired) electrons. The van der Waals surface area contributed by atoms with E-state index in [-0.39, 0.29) is 0 Å². The van der Waals surface area contributed by atoms with Crippen molar-refractivity contribution in [2.75, 3.05) is 32.6 Å². The number of carbonyl (C=O) groups excluding carboxylic acids is 1. The first-order chi connectivity index (χ1) is 13.5. The van der Waals surface area contributed by atoms with Crippen molar-refractivity contribution in [1.82, 2.24) is 9.88 Å². The molecular weight excluding hydrogens is 372 g/mol. The Hall–Kier alpha value is -2.90. The number of primary amides is 1. The van der Waals surface area contributed by atoms with Crippen LogP contribution in [-0.2, 0) is 0 Å². The highest BCUT2D eigenvalue weighted by atomic mass is 32.1. The van der Waals surface area contributed by atoms with Crippen molar-refractivity contribution in [2.24, 2.45) is 5.73 Å². The Kier molecular flexibility index (Phi) is 6.62. The van der Waals surface area contributed by atoms with Gasteiger partial charge in [0.2, 0.25) is 0 Å². The standard InChI is InChI=1S/C21H24N4O2S/c1-25(2)12-3-13-27-18-10-6-16(7-11-18)20-24-19(14-28-20)15-4-8-17(9-5-15)23-21(22)26/h4-11,14H,3,12-13H2,1-2H3,(H3,22,23,26). The zero-order chi connectivity index (χ0) is 19.9. The van der Waals surface area contributed by atoms with Gasteiger partial charge in [-0.05, 0) is 56.9 Å². The van der Waals surface area contributed by atoms with Gasteiger partial charge < -0.3 is 20.7 Å². The van der Waals surface area contributed by atoms with Crippen molar-refractivity contribution in [3.05, 3.63) is 53.9 Å². The molecule has 0 aliphatic heterocycles. The molecule has 0 saturated carbocycles. The number of anilines is 1. The van der Waals surface area contributed by atoms with Gasteiger partial charge in [-0.2, -0.15) is 0 Å². The van der Waals surface area contributed by atoms with Gasteiger partial charge in [-0.25, -0.2) is 9.78 Å². The number of nitrogens with zero attached hydrogens (tertiary/aromatic N) is 2. The summed E-state index contributed by atoms with van der Waals surface area (Å²) in [6, 6.07) is 14.9. The number of aromatic nitrogens is 1. The summed E-state index contributed by atoms with van der Waals surface area (Å²) in [7, 11) is 4.12. The molecule has 146 valence electrons. The minimum Gasteiger partial charge on any atom is -0.494 e. The zero-order valence-electron chi connectivity index (χ0n) is 16.0. The number of carbonyl (C=O) groups is 1. The zero-order valence-corrected chi connectivity index (χ0v) is 16.8. The van der Waals surface area contributed by atoms with Gasteiger partial charge in [0, 0.05) is 28.7 Å². The maximum atomic E-state index is 10.9. The molecule has 0 atom stereocenters. The van der Waals surface area contributed by atoms with Crippen LogP contribution in [0.3, 0.4) is 0 Å². The van der Waals surface area contributed by atoms with Gasteiger partial charge in [0.05, 0.1) is 12.3 Å². The van der Waals surface area contributed by atoms with E-state index in [2.05, 4.69) is 24.3 Å². The molecule has 2 amide bonds. The fourth-order valence-corrected chi connectivity index (χ4v) is 3.51. The summed E-state index contributed by atoms with van der Waals surface area (Å²) in [5, 5.41) is 5.53. The van der Waals surface area contributed by atoms with Crippen molar-refractivity contribution < 1.29 is 9.53 Å². The van der Waals surface area contributed by atoms with Crippen molar-refractivity contribution >= 4 is 23.1 Å². The lowest BCUT2D eigenvalue weighted by atomic mass is 10.1. The summed E-state index contributed by atoms with van der Waals surface area (Å²) >= 11 is 1.60. The highest BCUT2D eigenvalue weighted by molar-refractivity contribution is 7.13. The van der Waals surface area contributed by atoms with E-state index in [4.69, 9.17) is 15.5 Å². The molecule has 0 spiro atoms. The first-order valence-electron chi connectivity index (χ1n) is 9.01. The van der Waals surface area contributed by atoms with E-state index in [1.54, 1.807) is 11.3 Å². The van der Waals surface area contributed by atoms with Crippen molar-refractivity contribution in [3.63, 3.8) is 0 Å². The summed E-state index contributed by atoms with van der Waals surface area (Å²) in [5.74, 6) is 0.872. The van der Waals surface area contributed by atoms with Crippen LogP contribution < -0.4 is 15.8 Å². The average Bonchev–Trinajstić information content (AvgIpc) is 3.16. The Morgan fingerprint density at radius 1 is 1.11 bits per heavy atom. The van der Waals surface area contributed by atoms with Gasteiger partial charge in [-0.3, -0.25) is 0 Å². The number of urea groups is 1. The van der Waals surface area contributed by atoms with Gasteiger partial charge in [-0.15, -0.1) is 11.3 Å². The SMILES string of the molecule is CN(C)CCCOc1ccc(-c2nc(-c3ccc(NC(N)=O)cc3)cs2)cc1. The Morgan fingerprint density at radius 3 is 2.43 bits per heavy atom. The number of nitrogens with one attached hydrogen (secondary N) is 1. The number of hydrogen-bond acceptors (Lipinski definition) is 5. The summed E-state index contributed by atoms with van der Waals surface area (Å²) in [6.07, 6.45) is 0.998. The first-order valence-corrected chi connectivity index (χ1v) is 9.89. The maximum absolute atomic E-state index is 10.9. The van der Waals surface area contributed by atoms with E-state index in [0.717, 1.165) is 40.5 Å². The van der Waals surface area contributed by atoms with E-state index in [9.17, 15) is 4.79 Å². The molecule has 7 heteroatoms. The lowest BCUT2D eigenvalue weighted by Gasteiger charge is -2.10. The fourth-order valence-electron chi connectivity index (χ4n) is 2.67. The lowest BCUT2D eigenvalue weighted by Crippen LogP contribution is -2.19. The van der Waals surface area contributed by atoms with Gasteiger partial charge in [0.25, 0.3) is 0 Å². The van der Waals surface area contributed by atoms with Crippen LogP contribution in [-0.4, -0.2) is 43.2 Å². The van der Waals surface area contributed by atoms with E-state index in [0.29, 0.717) is 12.3 Å². The molecule has 0 aliphatic rings. The molecule has 0 aliphatic carbocycles. The number of benzene rings is 2. The summed E-state index contributed by atoms with van der Waals surface area (Å²) in [4.78, 5) is 17.8. The highest BCUT2D eigenvalue weighted by Crippen LogP contribution is 2.30. The van der Waals surface area contributed by atoms with Crippen LogP contribution in [0.25, 0.3) is 21.8 Å². The summed E-state index contributed by atoms with van der Waals surface area (Å²) in [5.41, 5.74) is 8.73. The maximum Gasteiger partial charge on any atom is 0.316 e. The smallest absolute Gasteiger partial charge is 0.316 e. The van der Waals surface area contributed by atoms with Crippen LogP contribution in [0, 0.1) is 0 Å². The van der Waals surface area contributed by atoms with Crippen LogP contribution >= 0.6 is 11.3 Å². The average molecular weight is 397 g/mol.